The smallest absolute Gasteiger partial charge is 0.0325 e. The molecule has 0 fully saturated rings. The van der Waals surface area contributed by atoms with E-state index in [1.165, 1.54) is 38.5 Å². The van der Waals surface area contributed by atoms with Gasteiger partial charge in [-0.1, -0.05) is 58.1 Å². The fourth-order valence-electron chi connectivity index (χ4n) is 1.41. The molecule has 0 aliphatic heterocycles. The minimum Gasteiger partial charge on any atom is -0.0917 e. The monoisotopic (exact) mass is 168 g/mol. The van der Waals surface area contributed by atoms with Crippen LogP contribution in [0.25, 0.3) is 0 Å². The SMILES string of the molecule is C/C=C/CC(C)CCCCCC. The molecular weight excluding hydrogens is 144 g/mol. The summed E-state index contributed by atoms with van der Waals surface area (Å²) in [4.78, 5) is 0. The van der Waals surface area contributed by atoms with Gasteiger partial charge in [-0.15, -0.1) is 0 Å². The lowest BCUT2D eigenvalue weighted by Crippen LogP contribution is -1.92. The largest absolute Gasteiger partial charge is 0.0917 e. The summed E-state index contributed by atoms with van der Waals surface area (Å²) in [5, 5.41) is 0. The quantitative estimate of drug-likeness (QED) is 0.386. The molecule has 0 radical (unpaired) electrons. The molecule has 0 aliphatic carbocycles. The Morgan fingerprint density at radius 2 is 1.92 bits per heavy atom. The Morgan fingerprint density at radius 1 is 1.17 bits per heavy atom. The molecule has 1 unspecified atom stereocenters. The molecular formula is C12H24. The number of unbranched alkanes of at least 4 members (excludes halogenated alkanes) is 3. The minimum atomic E-state index is 0.887. The van der Waals surface area contributed by atoms with Crippen molar-refractivity contribution in [2.45, 2.75) is 59.3 Å². The zero-order valence-electron chi connectivity index (χ0n) is 8.97. The van der Waals surface area contributed by atoms with Gasteiger partial charge >= 0.3 is 0 Å². The van der Waals surface area contributed by atoms with E-state index in [-0.39, 0.29) is 0 Å². The number of rotatable bonds is 7. The molecule has 0 saturated heterocycles. The third kappa shape index (κ3) is 7.84. The van der Waals surface area contributed by atoms with E-state index < -0.39 is 0 Å². The molecule has 0 aliphatic rings. The summed E-state index contributed by atoms with van der Waals surface area (Å²) in [6.45, 7) is 6.72. The first-order valence-electron chi connectivity index (χ1n) is 5.42. The second-order valence-electron chi connectivity index (χ2n) is 3.76. The third-order valence-electron chi connectivity index (χ3n) is 2.32. The molecule has 0 heteroatoms. The van der Waals surface area contributed by atoms with Crippen molar-refractivity contribution in [1.29, 1.82) is 0 Å². The van der Waals surface area contributed by atoms with E-state index in [4.69, 9.17) is 0 Å². The summed E-state index contributed by atoms with van der Waals surface area (Å²) in [5.41, 5.74) is 0. The third-order valence-corrected chi connectivity index (χ3v) is 2.32. The van der Waals surface area contributed by atoms with Crippen molar-refractivity contribution in [3.05, 3.63) is 12.2 Å². The highest BCUT2D eigenvalue weighted by Crippen LogP contribution is 2.13. The van der Waals surface area contributed by atoms with E-state index in [1.54, 1.807) is 0 Å². The van der Waals surface area contributed by atoms with Crippen LogP contribution in [0.3, 0.4) is 0 Å². The van der Waals surface area contributed by atoms with Gasteiger partial charge in [-0.05, 0) is 19.3 Å². The van der Waals surface area contributed by atoms with Gasteiger partial charge in [0.15, 0.2) is 0 Å². The molecule has 12 heavy (non-hydrogen) atoms. The van der Waals surface area contributed by atoms with Crippen molar-refractivity contribution in [1.82, 2.24) is 0 Å². The maximum Gasteiger partial charge on any atom is -0.0325 e. The van der Waals surface area contributed by atoms with E-state index in [9.17, 15) is 0 Å². The van der Waals surface area contributed by atoms with Gasteiger partial charge in [-0.2, -0.15) is 0 Å². The van der Waals surface area contributed by atoms with Gasteiger partial charge in [-0.3, -0.25) is 0 Å². The maximum atomic E-state index is 2.35. The van der Waals surface area contributed by atoms with Crippen molar-refractivity contribution in [2.24, 2.45) is 5.92 Å². The van der Waals surface area contributed by atoms with Crippen LogP contribution in [0.15, 0.2) is 12.2 Å². The van der Waals surface area contributed by atoms with Gasteiger partial charge < -0.3 is 0 Å². The van der Waals surface area contributed by atoms with Crippen molar-refractivity contribution in [3.8, 4) is 0 Å². The number of allylic oxidation sites excluding steroid dienone is 2. The van der Waals surface area contributed by atoms with E-state index in [1.807, 2.05) is 0 Å². The van der Waals surface area contributed by atoms with Gasteiger partial charge in [0.2, 0.25) is 0 Å². The average Bonchev–Trinajstić information content (AvgIpc) is 2.09. The minimum absolute atomic E-state index is 0.887. The van der Waals surface area contributed by atoms with E-state index in [2.05, 4.69) is 32.9 Å². The second-order valence-corrected chi connectivity index (χ2v) is 3.76. The van der Waals surface area contributed by atoms with E-state index in [0.29, 0.717) is 0 Å². The number of hydrogen-bond acceptors (Lipinski definition) is 0. The summed E-state index contributed by atoms with van der Waals surface area (Å²) < 4.78 is 0. The zero-order chi connectivity index (χ0) is 9.23. The van der Waals surface area contributed by atoms with Crippen LogP contribution in [0.2, 0.25) is 0 Å². The summed E-state index contributed by atoms with van der Waals surface area (Å²) in [5.74, 6) is 0.887. The lowest BCUT2D eigenvalue weighted by atomic mass is 9.99. The molecule has 72 valence electrons. The molecule has 0 heterocycles. The number of hydrogen-bond donors (Lipinski definition) is 0. The van der Waals surface area contributed by atoms with Gasteiger partial charge in [0.05, 0.1) is 0 Å². The van der Waals surface area contributed by atoms with Crippen LogP contribution in [0.4, 0.5) is 0 Å². The Kier molecular flexibility index (Phi) is 8.64. The Balaban J connectivity index is 3.13. The van der Waals surface area contributed by atoms with E-state index in [0.717, 1.165) is 5.92 Å². The second kappa shape index (κ2) is 8.83. The molecule has 0 rings (SSSR count). The summed E-state index contributed by atoms with van der Waals surface area (Å²) in [6.07, 6.45) is 12.7. The predicted octanol–water partition coefficient (Wildman–Crippen LogP) is 4.56. The Morgan fingerprint density at radius 3 is 2.50 bits per heavy atom. The normalized spacial score (nSPS) is 13.9. The molecule has 0 aromatic heterocycles. The Hall–Kier alpha value is -0.260. The summed E-state index contributed by atoms with van der Waals surface area (Å²) in [6, 6.07) is 0. The molecule has 0 nitrogen and oxygen atoms in total. The van der Waals surface area contributed by atoms with Crippen molar-refractivity contribution in [3.63, 3.8) is 0 Å². The van der Waals surface area contributed by atoms with Crippen LogP contribution in [0.5, 0.6) is 0 Å². The van der Waals surface area contributed by atoms with Gasteiger partial charge in [0, 0.05) is 0 Å². The fourth-order valence-corrected chi connectivity index (χ4v) is 1.41. The van der Waals surface area contributed by atoms with Crippen molar-refractivity contribution < 1.29 is 0 Å². The van der Waals surface area contributed by atoms with Crippen LogP contribution >= 0.6 is 0 Å². The lowest BCUT2D eigenvalue weighted by molar-refractivity contribution is 0.494. The molecule has 0 amide bonds. The Labute approximate surface area is 78.1 Å². The molecule has 0 saturated carbocycles. The molecule has 1 atom stereocenters. The van der Waals surface area contributed by atoms with Crippen molar-refractivity contribution in [2.75, 3.05) is 0 Å². The summed E-state index contributed by atoms with van der Waals surface area (Å²) >= 11 is 0. The van der Waals surface area contributed by atoms with Gasteiger partial charge in [0.1, 0.15) is 0 Å². The fraction of sp³-hybridized carbons (Fsp3) is 0.833. The first-order valence-corrected chi connectivity index (χ1v) is 5.42. The molecule has 0 N–H and O–H groups in total. The standard InChI is InChI=1S/C12H24/c1-4-6-8-9-11-12(3)10-7-5-2/h5,7,12H,4,6,8-11H2,1-3H3/b7-5+. The first kappa shape index (κ1) is 11.7. The first-order chi connectivity index (χ1) is 5.81. The van der Waals surface area contributed by atoms with Gasteiger partial charge in [-0.25, -0.2) is 0 Å². The highest BCUT2D eigenvalue weighted by molar-refractivity contribution is 4.78. The summed E-state index contributed by atoms with van der Waals surface area (Å²) in [7, 11) is 0. The molecule has 0 bridgehead atoms. The molecule has 0 aromatic carbocycles. The van der Waals surface area contributed by atoms with Crippen LogP contribution in [0.1, 0.15) is 59.3 Å². The molecule has 0 spiro atoms. The molecule has 0 aromatic rings. The lowest BCUT2D eigenvalue weighted by Gasteiger charge is -2.07. The topological polar surface area (TPSA) is 0 Å². The predicted molar refractivity (Wildman–Crippen MR) is 57.4 cm³/mol. The van der Waals surface area contributed by atoms with Crippen LogP contribution in [0, 0.1) is 5.92 Å². The van der Waals surface area contributed by atoms with Crippen LogP contribution in [-0.4, -0.2) is 0 Å². The zero-order valence-corrected chi connectivity index (χ0v) is 8.97. The Bertz CT molecular complexity index is 103. The van der Waals surface area contributed by atoms with E-state index >= 15 is 0 Å². The average molecular weight is 168 g/mol. The van der Waals surface area contributed by atoms with Crippen LogP contribution < -0.4 is 0 Å². The van der Waals surface area contributed by atoms with Gasteiger partial charge in [0.25, 0.3) is 0 Å². The maximum absolute atomic E-state index is 2.35. The highest BCUT2D eigenvalue weighted by atomic mass is 14.0. The van der Waals surface area contributed by atoms with Crippen LogP contribution in [-0.2, 0) is 0 Å². The highest BCUT2D eigenvalue weighted by Gasteiger charge is 1.98. The van der Waals surface area contributed by atoms with Crippen molar-refractivity contribution >= 4 is 0 Å².